The van der Waals surface area contributed by atoms with Gasteiger partial charge in [-0.15, -0.1) is 6.54 Å². The Morgan fingerprint density at radius 2 is 1.38 bits per heavy atom. The Kier molecular flexibility index (Phi) is 24.0. The van der Waals surface area contributed by atoms with Crippen molar-refractivity contribution in [3.05, 3.63) is 76.1 Å². The van der Waals surface area contributed by atoms with E-state index in [1.54, 1.807) is 6.92 Å². The number of phosphoric ester groups is 1. The van der Waals surface area contributed by atoms with E-state index in [2.05, 4.69) is 17.2 Å². The van der Waals surface area contributed by atoms with Crippen molar-refractivity contribution in [3.8, 4) is 0 Å². The molecule has 8 rings (SSSR count). The molecule has 0 spiro atoms. The zero-order valence-corrected chi connectivity index (χ0v) is 57.4. The molecule has 15 unspecified atom stereocenters. The van der Waals surface area contributed by atoms with E-state index in [-0.39, 0.29) is 94.0 Å². The van der Waals surface area contributed by atoms with Crippen LogP contribution in [0.5, 0.6) is 0 Å². The van der Waals surface area contributed by atoms with Crippen LogP contribution in [0.25, 0.3) is 16.4 Å². The average Bonchev–Trinajstić information content (AvgIpc) is 1.53. The van der Waals surface area contributed by atoms with Crippen LogP contribution < -0.4 is 50.3 Å². The largest absolute Gasteiger partial charge is 3.00 e. The molecule has 6 aliphatic rings. The van der Waals surface area contributed by atoms with Gasteiger partial charge in [-0.1, -0.05) is 40.7 Å². The van der Waals surface area contributed by atoms with Gasteiger partial charge in [0, 0.05) is 108 Å². The minimum Gasteiger partial charge on any atom is -0.756 e. The van der Waals surface area contributed by atoms with Gasteiger partial charge in [-0.05, 0) is 119 Å². The van der Waals surface area contributed by atoms with Crippen molar-refractivity contribution in [2.24, 2.45) is 100 Å². The number of aliphatic imine (C=N–C) groups is 3. The van der Waals surface area contributed by atoms with E-state index >= 15 is 0 Å². The maximum Gasteiger partial charge on any atom is 3.00 e. The van der Waals surface area contributed by atoms with Crippen LogP contribution in [-0.2, 0) is 68.7 Å². The quantitative estimate of drug-likeness (QED) is 0.0478. The summed E-state index contributed by atoms with van der Waals surface area (Å²) < 4.78 is 31.9. The number of rotatable bonds is 26. The monoisotopic (exact) mass is 1370 g/mol. The van der Waals surface area contributed by atoms with Crippen LogP contribution in [0.3, 0.4) is 0 Å². The number of primary amides is 6. The van der Waals surface area contributed by atoms with E-state index in [0.717, 1.165) is 11.1 Å². The summed E-state index contributed by atoms with van der Waals surface area (Å²) in [5.74, 6) is -7.40. The Morgan fingerprint density at radius 3 is 1.95 bits per heavy atom. The summed E-state index contributed by atoms with van der Waals surface area (Å²) in [5.41, 5.74) is 41.4. The fraction of sp³-hybridized carbons (Fsp3) is 0.625. The Bertz CT molecular complexity index is 3570. The molecular formula is C64H94CoN14O14P. The molecule has 1 aromatic heterocycles. The topological polar surface area (TPSA) is 491 Å². The van der Waals surface area contributed by atoms with Gasteiger partial charge in [-0.3, -0.25) is 53.1 Å². The summed E-state index contributed by atoms with van der Waals surface area (Å²) in [5, 5.41) is 30.1. The van der Waals surface area contributed by atoms with Gasteiger partial charge in [0.1, 0.15) is 18.3 Å². The number of amides is 7. The second-order valence-corrected chi connectivity index (χ2v) is 28.6. The van der Waals surface area contributed by atoms with Gasteiger partial charge in [-0.25, -0.2) is 4.98 Å². The van der Waals surface area contributed by atoms with E-state index < -0.39 is 143 Å². The van der Waals surface area contributed by atoms with Crippen molar-refractivity contribution in [3.63, 3.8) is 0 Å². The van der Waals surface area contributed by atoms with Crippen LogP contribution in [0.1, 0.15) is 150 Å². The number of nitrogens with one attached hydrogen (secondary N) is 1. The van der Waals surface area contributed by atoms with Crippen LogP contribution in [0.15, 0.2) is 67.8 Å². The maximum atomic E-state index is 14.4. The van der Waals surface area contributed by atoms with Crippen LogP contribution >= 0.6 is 7.82 Å². The molecule has 2 fully saturated rings. The van der Waals surface area contributed by atoms with Crippen LogP contribution in [0.4, 0.5) is 0 Å². The number of benzene rings is 1. The molecule has 2 aromatic rings. The van der Waals surface area contributed by atoms with Crippen molar-refractivity contribution in [1.82, 2.24) is 14.9 Å². The summed E-state index contributed by atoms with van der Waals surface area (Å²) in [6.07, 6.45) is -4.79. The molecule has 6 aliphatic heterocycles. The number of nitrogens with two attached hydrogens (primary N) is 7. The molecule has 2 saturated heterocycles. The molecule has 518 valence electrons. The van der Waals surface area contributed by atoms with Gasteiger partial charge >= 0.3 is 16.8 Å². The van der Waals surface area contributed by atoms with Gasteiger partial charge < -0.3 is 91.2 Å². The number of imidazole rings is 1. The molecule has 30 heteroatoms. The second-order valence-electron chi connectivity index (χ2n) is 27.3. The van der Waals surface area contributed by atoms with Crippen LogP contribution in [0, 0.1) is 66.1 Å². The number of aliphatic hydroxyl groups is 2. The molecule has 1 aromatic carbocycles. The number of carbonyl (C=O) groups excluding carboxylic acids is 7. The smallest absolute Gasteiger partial charge is 0.756 e. The number of phosphoric acid groups is 1. The number of nitrogens with zero attached hydrogens (tertiary/aromatic N) is 6. The first-order chi connectivity index (χ1) is 43.2. The van der Waals surface area contributed by atoms with E-state index in [4.69, 9.17) is 74.2 Å². The average molecular weight is 1370 g/mol. The third kappa shape index (κ3) is 15.2. The first kappa shape index (κ1) is 76.5. The van der Waals surface area contributed by atoms with E-state index in [0.29, 0.717) is 63.0 Å². The van der Waals surface area contributed by atoms with Crippen molar-refractivity contribution < 1.29 is 83.8 Å². The minimum absolute atomic E-state index is 0. The fourth-order valence-corrected chi connectivity index (χ4v) is 16.4. The first-order valence-electron chi connectivity index (χ1n) is 31.4. The zero-order chi connectivity index (χ0) is 69.4. The van der Waals surface area contributed by atoms with E-state index in [1.165, 1.54) is 17.8 Å². The molecule has 0 radical (unpaired) electrons. The predicted molar refractivity (Wildman–Crippen MR) is 346 cm³/mol. The van der Waals surface area contributed by atoms with Crippen molar-refractivity contribution in [2.45, 2.75) is 189 Å². The number of hydrogen-bond acceptors (Lipinski definition) is 19. The normalized spacial score (nSPS) is 33.0. The maximum absolute atomic E-state index is 14.4. The van der Waals surface area contributed by atoms with Gasteiger partial charge in [0.05, 0.1) is 41.3 Å². The Morgan fingerprint density at radius 1 is 0.809 bits per heavy atom. The molecule has 28 nitrogen and oxygen atoms in total. The summed E-state index contributed by atoms with van der Waals surface area (Å²) in [7, 11) is -5.32. The number of hydrogen-bond donors (Lipinski definition) is 10. The molecule has 8 bridgehead atoms. The van der Waals surface area contributed by atoms with Crippen molar-refractivity contribution in [1.29, 1.82) is 0 Å². The first-order valence-corrected chi connectivity index (χ1v) is 32.9. The Balaban J connectivity index is 0.00000343. The molecule has 94 heavy (non-hydrogen) atoms. The second kappa shape index (κ2) is 29.4. The fourth-order valence-electron chi connectivity index (χ4n) is 15.3. The molecular weight excluding hydrogens is 1280 g/mol. The molecule has 17 N–H and O–H groups in total. The van der Waals surface area contributed by atoms with Crippen molar-refractivity contribution >= 4 is 77.3 Å². The summed E-state index contributed by atoms with van der Waals surface area (Å²) in [4.78, 5) is 128. The summed E-state index contributed by atoms with van der Waals surface area (Å²) in [6, 6.07) is 2.65. The molecule has 0 aliphatic carbocycles. The Hall–Kier alpha value is -6.53. The number of carbonyl (C=O) groups is 7. The zero-order valence-electron chi connectivity index (χ0n) is 55.5. The third-order valence-corrected chi connectivity index (χ3v) is 21.6. The summed E-state index contributed by atoms with van der Waals surface area (Å²) in [6.45, 7) is 22.7. The third-order valence-electron chi connectivity index (χ3n) is 20.5. The number of ether oxygens (including phenoxy) is 1. The molecule has 7 amide bonds. The van der Waals surface area contributed by atoms with Crippen molar-refractivity contribution in [2.75, 3.05) is 19.7 Å². The number of aryl methyl sites for hydroxylation is 2. The van der Waals surface area contributed by atoms with Crippen LogP contribution in [0.2, 0.25) is 0 Å². The minimum atomic E-state index is -5.32. The molecule has 7 heterocycles. The van der Waals surface area contributed by atoms with Gasteiger partial charge in [0.25, 0.3) is 7.82 Å². The van der Waals surface area contributed by atoms with Gasteiger partial charge in [0.15, 0.2) is 6.23 Å². The van der Waals surface area contributed by atoms with Gasteiger partial charge in [0.2, 0.25) is 41.4 Å². The number of fused-ring (bicyclic) bond motifs is 7. The number of aliphatic hydroxyl groups excluding tert-OH is 2. The SMILES string of the molecule is C/C1=C2N=C(/C=C3N=C(/C(C)=C4\[N-]C(C(CC(N)=O)C4(C)CCC(=O)NCC(C)OP(=O)([O-])OC4C(CO)OC(n5cnc6cc(C)c(C)cc65)C4O)C4(C)N=C1C(CCC(N)=O)C4(C)CC(N)=O)C(CCC(N)=O)C\3(C)C)C(CCC(N)=O)C/2(C)CC(N)=O.[CH2-]CN.[Co+3]. The molecule has 0 saturated carbocycles. The molecule has 15 atom stereocenters. The predicted octanol–water partition coefficient (Wildman–Crippen LogP) is 3.09. The number of aromatic nitrogens is 2. The Labute approximate surface area is 558 Å². The van der Waals surface area contributed by atoms with Gasteiger partial charge in [-0.2, -0.15) is 5.70 Å². The summed E-state index contributed by atoms with van der Waals surface area (Å²) >= 11 is 0. The van der Waals surface area contributed by atoms with Crippen LogP contribution in [-0.4, -0.2) is 134 Å². The standard InChI is InChI=1S/C62H90N13O14P.C2H6N.Co/c1-29-20-39-40(21-30(29)2)75(28-70-39)57-52(84)53(41(27-76)87-57)89-90(85,86)88-31(3)26-69-49(83)18-19-59(8)37(22-46(66)80)56-62(11)61(10,25-48(68)82)36(14-17-45(65)79)51(74-62)33(5)55-60(9,24-47(67)81)34(12-15-43(63)77)38(71-55)23-42-58(6,7)35(13-16-44(64)78)50(72-42)32(4)54(59)73-56;1-2-3;/h20-21,23,28,31,34-37,41,52-53,56-57,76,84H,12-19,22,24-27H2,1-11H3,(H15,63,64,65,66,67,68,69,71,72,73,74,77,78,79,80,81,82,83,85,86);1-3H2;/q;-1;+3/p-2. The van der Waals surface area contributed by atoms with E-state index in [9.17, 15) is 53.2 Å². The van der Waals surface area contributed by atoms with E-state index in [1.807, 2.05) is 80.5 Å². The number of allylic oxidation sites excluding steroid dienone is 6.